The van der Waals surface area contributed by atoms with Gasteiger partial charge in [-0.05, 0) is 12.0 Å². The fraction of sp³-hybridized carbons (Fsp3) is 0.188. The molecule has 4 nitrogen and oxygen atoms in total. The molecule has 2 heterocycles. The summed E-state index contributed by atoms with van der Waals surface area (Å²) in [6, 6.07) is 9.58. The highest BCUT2D eigenvalue weighted by molar-refractivity contribution is 7.09. The molecule has 0 fully saturated rings. The summed E-state index contributed by atoms with van der Waals surface area (Å²) in [7, 11) is 0. The molecule has 0 aliphatic rings. The van der Waals surface area contributed by atoms with E-state index in [1.807, 2.05) is 42.6 Å². The number of nitrogens with zero attached hydrogens (tertiary/aromatic N) is 3. The largest absolute Gasteiger partial charge is 0.354 e. The lowest BCUT2D eigenvalue weighted by molar-refractivity contribution is 0.595. The third kappa shape index (κ3) is 2.96. The lowest BCUT2D eigenvalue weighted by Gasteiger charge is -2.18. The quantitative estimate of drug-likeness (QED) is 0.777. The molecule has 0 radical (unpaired) electrons. The van der Waals surface area contributed by atoms with Crippen molar-refractivity contribution in [2.75, 3.05) is 5.32 Å². The van der Waals surface area contributed by atoms with E-state index in [0.29, 0.717) is 12.1 Å². The van der Waals surface area contributed by atoms with Crippen LogP contribution in [-0.4, -0.2) is 15.0 Å². The molecule has 0 spiro atoms. The summed E-state index contributed by atoms with van der Waals surface area (Å²) in [6.07, 6.45) is 3.65. The topological polar surface area (TPSA) is 50.7 Å². The van der Waals surface area contributed by atoms with Gasteiger partial charge in [0.25, 0.3) is 0 Å². The van der Waals surface area contributed by atoms with Gasteiger partial charge in [0.2, 0.25) is 0 Å². The molecule has 3 aromatic rings. The molecular weight excluding hydrogens is 299 g/mol. The predicted octanol–water partition coefficient (Wildman–Crippen LogP) is 3.84. The van der Waals surface area contributed by atoms with Crippen LogP contribution in [0.5, 0.6) is 0 Å². The van der Waals surface area contributed by atoms with Crippen molar-refractivity contribution in [2.24, 2.45) is 0 Å². The van der Waals surface area contributed by atoms with Gasteiger partial charge in [-0.25, -0.2) is 19.3 Å². The Labute approximate surface area is 132 Å². The molecule has 6 heteroatoms. The van der Waals surface area contributed by atoms with Crippen molar-refractivity contribution in [2.45, 2.75) is 19.4 Å². The zero-order valence-corrected chi connectivity index (χ0v) is 12.8. The van der Waals surface area contributed by atoms with Gasteiger partial charge < -0.3 is 5.32 Å². The van der Waals surface area contributed by atoms with Crippen LogP contribution in [0.15, 0.2) is 48.2 Å². The van der Waals surface area contributed by atoms with Crippen LogP contribution in [0.1, 0.15) is 29.2 Å². The number of hydrogen-bond donors (Lipinski definition) is 1. The monoisotopic (exact) mass is 314 g/mol. The van der Waals surface area contributed by atoms with Gasteiger partial charge in [-0.2, -0.15) is 0 Å². The molecule has 0 saturated heterocycles. The fourth-order valence-corrected chi connectivity index (χ4v) is 2.91. The van der Waals surface area contributed by atoms with E-state index < -0.39 is 5.82 Å². The molecule has 0 aliphatic heterocycles. The molecule has 0 bridgehead atoms. The average molecular weight is 314 g/mol. The third-order valence-corrected chi connectivity index (χ3v) is 4.15. The molecule has 112 valence electrons. The van der Waals surface area contributed by atoms with Gasteiger partial charge in [-0.1, -0.05) is 37.3 Å². The number of thiazole rings is 1. The first kappa shape index (κ1) is 14.6. The maximum atomic E-state index is 14.4. The Morgan fingerprint density at radius 1 is 1.18 bits per heavy atom. The zero-order valence-electron chi connectivity index (χ0n) is 12.0. The van der Waals surface area contributed by atoms with Crippen LogP contribution in [0, 0.1) is 5.82 Å². The Morgan fingerprint density at radius 2 is 2.00 bits per heavy atom. The Hall–Kier alpha value is -2.34. The average Bonchev–Trinajstić information content (AvgIpc) is 3.09. The van der Waals surface area contributed by atoms with E-state index in [4.69, 9.17) is 0 Å². The second-order valence-electron chi connectivity index (χ2n) is 4.69. The lowest BCUT2D eigenvalue weighted by Crippen LogP contribution is -2.15. The summed E-state index contributed by atoms with van der Waals surface area (Å²) in [5.41, 5.74) is 1.41. The van der Waals surface area contributed by atoms with E-state index in [-0.39, 0.29) is 11.9 Å². The highest BCUT2D eigenvalue weighted by Gasteiger charge is 2.20. The molecule has 3 rings (SSSR count). The molecule has 1 N–H and O–H groups in total. The molecule has 1 unspecified atom stereocenters. The van der Waals surface area contributed by atoms with Crippen LogP contribution in [-0.2, 0) is 6.42 Å². The highest BCUT2D eigenvalue weighted by atomic mass is 32.1. The number of benzene rings is 1. The van der Waals surface area contributed by atoms with Crippen molar-refractivity contribution in [3.05, 3.63) is 70.3 Å². The minimum atomic E-state index is -0.400. The molecule has 0 saturated carbocycles. The number of aryl methyl sites for hydroxylation is 1. The Balaban J connectivity index is 1.98. The first-order valence-electron chi connectivity index (χ1n) is 6.99. The molecule has 1 atom stereocenters. The fourth-order valence-electron chi connectivity index (χ4n) is 2.20. The highest BCUT2D eigenvalue weighted by Crippen LogP contribution is 2.28. The number of rotatable bonds is 5. The van der Waals surface area contributed by atoms with Crippen molar-refractivity contribution in [3.63, 3.8) is 0 Å². The Kier molecular flexibility index (Phi) is 4.39. The van der Waals surface area contributed by atoms with Gasteiger partial charge >= 0.3 is 0 Å². The molecule has 0 amide bonds. The van der Waals surface area contributed by atoms with Gasteiger partial charge in [-0.3, -0.25) is 0 Å². The molecule has 1 aromatic carbocycles. The van der Waals surface area contributed by atoms with Crippen LogP contribution in [0.4, 0.5) is 10.2 Å². The normalized spacial score (nSPS) is 12.1. The van der Waals surface area contributed by atoms with Crippen LogP contribution >= 0.6 is 11.3 Å². The van der Waals surface area contributed by atoms with Crippen molar-refractivity contribution in [3.8, 4) is 0 Å². The first-order chi connectivity index (χ1) is 10.8. The summed E-state index contributed by atoms with van der Waals surface area (Å²) in [5.74, 6) is -0.196. The maximum Gasteiger partial charge on any atom is 0.186 e. The molecule has 22 heavy (non-hydrogen) atoms. The van der Waals surface area contributed by atoms with Crippen LogP contribution in [0.25, 0.3) is 0 Å². The van der Waals surface area contributed by atoms with E-state index in [9.17, 15) is 4.39 Å². The molecular formula is C16H15FN4S. The van der Waals surface area contributed by atoms with Crippen molar-refractivity contribution in [1.82, 2.24) is 15.0 Å². The molecule has 2 aromatic heterocycles. The summed E-state index contributed by atoms with van der Waals surface area (Å²) in [5, 5.41) is 5.93. The van der Waals surface area contributed by atoms with Gasteiger partial charge in [0, 0.05) is 11.6 Å². The predicted molar refractivity (Wildman–Crippen MR) is 85.4 cm³/mol. The number of aromatic nitrogens is 3. The van der Waals surface area contributed by atoms with Gasteiger partial charge in [0.15, 0.2) is 11.6 Å². The number of halogens is 1. The van der Waals surface area contributed by atoms with Gasteiger partial charge in [-0.15, -0.1) is 11.3 Å². The Morgan fingerprint density at radius 3 is 2.68 bits per heavy atom. The number of hydrogen-bond acceptors (Lipinski definition) is 5. The zero-order chi connectivity index (χ0) is 15.4. The second-order valence-corrected chi connectivity index (χ2v) is 5.62. The summed E-state index contributed by atoms with van der Waals surface area (Å²) >= 11 is 1.52. The third-order valence-electron chi connectivity index (χ3n) is 3.31. The standard InChI is InChI=1S/C16H15FN4S/c1-2-12-13(17)15(20-10-19-12)21-14(16-18-8-9-22-16)11-6-4-3-5-7-11/h3-10,14H,2H2,1H3,(H,19,20,21). The summed E-state index contributed by atoms with van der Waals surface area (Å²) in [4.78, 5) is 12.4. The van der Waals surface area contributed by atoms with Crippen LogP contribution in [0.3, 0.4) is 0 Å². The van der Waals surface area contributed by atoms with Crippen molar-refractivity contribution in [1.29, 1.82) is 0 Å². The number of anilines is 1. The minimum Gasteiger partial charge on any atom is -0.354 e. The first-order valence-corrected chi connectivity index (χ1v) is 7.87. The van der Waals surface area contributed by atoms with Crippen LogP contribution < -0.4 is 5.32 Å². The van der Waals surface area contributed by atoms with E-state index in [2.05, 4.69) is 20.3 Å². The summed E-state index contributed by atoms with van der Waals surface area (Å²) in [6.45, 7) is 1.87. The van der Waals surface area contributed by atoms with E-state index >= 15 is 0 Å². The van der Waals surface area contributed by atoms with E-state index in [1.165, 1.54) is 17.7 Å². The minimum absolute atomic E-state index is 0.205. The van der Waals surface area contributed by atoms with Crippen LogP contribution in [0.2, 0.25) is 0 Å². The van der Waals surface area contributed by atoms with E-state index in [0.717, 1.165) is 10.6 Å². The van der Waals surface area contributed by atoms with Gasteiger partial charge in [0.05, 0.1) is 5.69 Å². The smallest absolute Gasteiger partial charge is 0.186 e. The lowest BCUT2D eigenvalue weighted by atomic mass is 10.1. The van der Waals surface area contributed by atoms with E-state index in [1.54, 1.807) is 6.20 Å². The van der Waals surface area contributed by atoms with Crippen molar-refractivity contribution >= 4 is 17.2 Å². The van der Waals surface area contributed by atoms with Crippen molar-refractivity contribution < 1.29 is 4.39 Å². The second kappa shape index (κ2) is 6.62. The SMILES string of the molecule is CCc1ncnc(NC(c2ccccc2)c2nccs2)c1F. The maximum absolute atomic E-state index is 14.4. The van der Waals surface area contributed by atoms with Gasteiger partial charge in [0.1, 0.15) is 17.4 Å². The Bertz CT molecular complexity index is 731. The number of nitrogens with one attached hydrogen (secondary N) is 1. The molecule has 0 aliphatic carbocycles. The summed E-state index contributed by atoms with van der Waals surface area (Å²) < 4.78 is 14.4.